The summed E-state index contributed by atoms with van der Waals surface area (Å²) in [7, 11) is 0. The summed E-state index contributed by atoms with van der Waals surface area (Å²) in [5.41, 5.74) is 5.19. The van der Waals surface area contributed by atoms with Crippen LogP contribution in [-0.4, -0.2) is 109 Å². The number of amides is 3. The number of anilines is 1. The number of nitrogens with zero attached hydrogens (tertiary/aromatic N) is 5. The standard InChI is InChI=1S/C22H21F3N8O8S2/c23-22(24,25)19(37)41-30-11(13-29-20(26)43-31-13)14(34)28-12-16(36)33-17(40-21(38)39)9(7-42-18(12)33)5-8-2-4-32(15(8)35)10-1-3-27-6-10/h5,10,12,18,27H,1-4,6-7H2,(H,28,34)(H,38,39)(H2,26,29,31)/t10-,12-,18-/m1/s1. The quantitative estimate of drug-likeness (QED) is 0.0752. The number of hydrogen-bond donors (Lipinski definition) is 4. The van der Waals surface area contributed by atoms with Crippen molar-refractivity contribution in [1.29, 1.82) is 0 Å². The number of carboxylic acid groups (broad SMARTS) is 1. The summed E-state index contributed by atoms with van der Waals surface area (Å²) in [4.78, 5) is 71.9. The number of β-lactam (4-membered cyclic amide) rings is 1. The minimum absolute atomic E-state index is 0.0508. The monoisotopic (exact) mass is 646 g/mol. The lowest BCUT2D eigenvalue weighted by Crippen LogP contribution is -2.70. The number of halogens is 3. The second-order valence-corrected chi connectivity index (χ2v) is 11.3. The molecule has 5 N–H and O–H groups in total. The first-order valence-corrected chi connectivity index (χ1v) is 14.2. The Morgan fingerprint density at radius 3 is 2.67 bits per heavy atom. The highest BCUT2D eigenvalue weighted by Crippen LogP contribution is 2.42. The number of allylic oxidation sites excluding steroid dienone is 1. The van der Waals surface area contributed by atoms with Gasteiger partial charge < -0.3 is 35.9 Å². The molecule has 3 saturated heterocycles. The summed E-state index contributed by atoms with van der Waals surface area (Å²) in [6, 6.07) is -1.27. The molecule has 4 aliphatic rings. The van der Waals surface area contributed by atoms with Crippen molar-refractivity contribution in [3.05, 3.63) is 28.9 Å². The second-order valence-electron chi connectivity index (χ2n) is 9.40. The van der Waals surface area contributed by atoms with Crippen LogP contribution in [0, 0.1) is 0 Å². The van der Waals surface area contributed by atoms with Gasteiger partial charge in [-0.3, -0.25) is 19.3 Å². The van der Waals surface area contributed by atoms with E-state index in [1.165, 1.54) is 6.08 Å². The van der Waals surface area contributed by atoms with E-state index in [-0.39, 0.29) is 34.3 Å². The topological polar surface area (TPSA) is 219 Å². The van der Waals surface area contributed by atoms with Crippen LogP contribution >= 0.6 is 23.3 Å². The Bertz CT molecular complexity index is 1470. The maximum Gasteiger partial charge on any atom is 0.512 e. The molecule has 0 aliphatic carbocycles. The molecule has 43 heavy (non-hydrogen) atoms. The number of ether oxygens (including phenoxy) is 1. The number of rotatable bonds is 7. The number of hydrogen-bond acceptors (Lipinski definition) is 14. The molecule has 4 aliphatic heterocycles. The Balaban J connectivity index is 1.35. The van der Waals surface area contributed by atoms with Crippen molar-refractivity contribution >= 4 is 64.0 Å². The van der Waals surface area contributed by atoms with Crippen LogP contribution in [0.3, 0.4) is 0 Å². The van der Waals surface area contributed by atoms with Gasteiger partial charge in [0, 0.05) is 47.6 Å². The van der Waals surface area contributed by atoms with Crippen LogP contribution in [0.1, 0.15) is 18.7 Å². The first-order chi connectivity index (χ1) is 20.3. The summed E-state index contributed by atoms with van der Waals surface area (Å²) in [6.45, 7) is 1.96. The third-order valence-electron chi connectivity index (χ3n) is 6.72. The third kappa shape index (κ3) is 6.13. The van der Waals surface area contributed by atoms with Crippen molar-refractivity contribution in [2.75, 3.05) is 31.1 Å². The molecule has 1 aromatic heterocycles. The van der Waals surface area contributed by atoms with Gasteiger partial charge in [0.2, 0.25) is 23.3 Å². The number of carbonyl (C=O) groups is 5. The molecular weight excluding hydrogens is 625 g/mol. The van der Waals surface area contributed by atoms with Gasteiger partial charge in [-0.05, 0) is 25.5 Å². The maximum absolute atomic E-state index is 13.1. The number of alkyl halides is 3. The number of thioether (sulfide) groups is 1. The number of nitrogens with two attached hydrogens (primary N) is 1. The summed E-state index contributed by atoms with van der Waals surface area (Å²) in [6.07, 6.45) is -4.41. The van der Waals surface area contributed by atoms with Crippen molar-refractivity contribution in [3.8, 4) is 0 Å². The highest BCUT2D eigenvalue weighted by Gasteiger charge is 2.54. The molecule has 21 heteroatoms. The van der Waals surface area contributed by atoms with Crippen LogP contribution in [-0.2, 0) is 28.8 Å². The zero-order valence-corrected chi connectivity index (χ0v) is 23.3. The van der Waals surface area contributed by atoms with Crippen molar-refractivity contribution in [1.82, 2.24) is 29.8 Å². The van der Waals surface area contributed by atoms with E-state index in [1.807, 2.05) is 0 Å². The van der Waals surface area contributed by atoms with Crippen LogP contribution in [0.4, 0.5) is 23.1 Å². The third-order valence-corrected chi connectivity index (χ3v) is 8.56. The molecule has 230 valence electrons. The predicted octanol–water partition coefficient (Wildman–Crippen LogP) is -0.243. The fraction of sp³-hybridized carbons (Fsp3) is 0.455. The van der Waals surface area contributed by atoms with Crippen molar-refractivity contribution in [2.24, 2.45) is 5.16 Å². The number of likely N-dealkylation sites (tertiary alicyclic amines) is 1. The first-order valence-electron chi connectivity index (χ1n) is 12.4. The lowest BCUT2D eigenvalue weighted by atomic mass is 10.0. The Kier molecular flexibility index (Phi) is 8.29. The van der Waals surface area contributed by atoms with E-state index in [2.05, 4.69) is 30.0 Å². The summed E-state index contributed by atoms with van der Waals surface area (Å²) < 4.78 is 46.4. The predicted molar refractivity (Wildman–Crippen MR) is 140 cm³/mol. The average Bonchev–Trinajstić information content (AvgIpc) is 3.69. The average molecular weight is 647 g/mol. The number of fused-ring (bicyclic) bond motifs is 1. The second kappa shape index (κ2) is 11.8. The summed E-state index contributed by atoms with van der Waals surface area (Å²) in [5.74, 6) is -5.84. The Morgan fingerprint density at radius 2 is 2.05 bits per heavy atom. The van der Waals surface area contributed by atoms with Crippen LogP contribution in [0.5, 0.6) is 0 Å². The fourth-order valence-electron chi connectivity index (χ4n) is 4.77. The molecule has 0 radical (unpaired) electrons. The lowest BCUT2D eigenvalue weighted by Gasteiger charge is -2.48. The summed E-state index contributed by atoms with van der Waals surface area (Å²) in [5, 5.41) is 16.7. The van der Waals surface area contributed by atoms with Crippen molar-refractivity contribution in [2.45, 2.75) is 36.5 Å². The van der Waals surface area contributed by atoms with Gasteiger partial charge in [0.1, 0.15) is 11.4 Å². The minimum atomic E-state index is -5.42. The molecule has 0 bridgehead atoms. The molecular formula is C22H21F3N8O8S2. The molecule has 3 amide bonds. The number of aromatic nitrogens is 2. The molecule has 0 aromatic carbocycles. The molecule has 16 nitrogen and oxygen atoms in total. The Morgan fingerprint density at radius 1 is 1.28 bits per heavy atom. The van der Waals surface area contributed by atoms with Crippen LogP contribution in [0.2, 0.25) is 0 Å². The Hall–Kier alpha value is -4.24. The van der Waals surface area contributed by atoms with Gasteiger partial charge in [0.15, 0.2) is 5.13 Å². The molecule has 0 unspecified atom stereocenters. The van der Waals surface area contributed by atoms with Gasteiger partial charge in [-0.1, -0.05) is 5.16 Å². The largest absolute Gasteiger partial charge is 0.512 e. The normalized spacial score (nSPS) is 25.1. The SMILES string of the molecule is Nc1nc(C(=NOC(=O)C(F)(F)F)C(=O)N[C@@H]2C(=O)N3C(OC(=O)O)=C(C=C4CCN([C@@H]5CCNC5)C4=O)CS[C@H]23)ns1. The van der Waals surface area contributed by atoms with E-state index in [1.54, 1.807) is 4.90 Å². The fourth-order valence-corrected chi connectivity index (χ4v) is 6.49. The number of nitrogens with one attached hydrogen (secondary N) is 2. The van der Waals surface area contributed by atoms with Gasteiger partial charge in [0.25, 0.3) is 11.8 Å². The van der Waals surface area contributed by atoms with E-state index < -0.39 is 53.1 Å². The van der Waals surface area contributed by atoms with E-state index in [9.17, 15) is 42.3 Å². The minimum Gasteiger partial charge on any atom is -0.449 e. The smallest absolute Gasteiger partial charge is 0.449 e. The van der Waals surface area contributed by atoms with Crippen LogP contribution in [0.15, 0.2) is 28.3 Å². The highest BCUT2D eigenvalue weighted by molar-refractivity contribution is 8.00. The van der Waals surface area contributed by atoms with Crippen molar-refractivity contribution < 1.29 is 51.8 Å². The molecule has 1 aromatic rings. The van der Waals surface area contributed by atoms with E-state index in [0.717, 1.165) is 29.6 Å². The van der Waals surface area contributed by atoms with Gasteiger partial charge in [0.05, 0.1) is 0 Å². The van der Waals surface area contributed by atoms with Gasteiger partial charge >= 0.3 is 18.3 Å². The molecule has 5 heterocycles. The maximum atomic E-state index is 13.1. The van der Waals surface area contributed by atoms with E-state index in [4.69, 9.17) is 10.5 Å². The molecule has 0 spiro atoms. The van der Waals surface area contributed by atoms with Crippen molar-refractivity contribution in [3.63, 3.8) is 0 Å². The van der Waals surface area contributed by atoms with Crippen LogP contribution < -0.4 is 16.4 Å². The number of oxime groups is 1. The van der Waals surface area contributed by atoms with E-state index >= 15 is 0 Å². The van der Waals surface area contributed by atoms with Gasteiger partial charge in [-0.2, -0.15) is 22.5 Å². The zero-order chi connectivity index (χ0) is 31.1. The zero-order valence-electron chi connectivity index (χ0n) is 21.6. The van der Waals surface area contributed by atoms with Gasteiger partial charge in [-0.25, -0.2) is 9.59 Å². The molecule has 5 rings (SSSR count). The summed E-state index contributed by atoms with van der Waals surface area (Å²) >= 11 is 1.68. The molecule has 0 saturated carbocycles. The number of nitrogen functional groups attached to an aromatic ring is 1. The van der Waals surface area contributed by atoms with E-state index in [0.29, 0.717) is 36.6 Å². The lowest BCUT2D eigenvalue weighted by molar-refractivity contribution is -0.199. The number of carbonyl (C=O) groups excluding carboxylic acids is 4. The molecule has 3 atom stereocenters. The Labute approximate surface area is 247 Å². The first kappa shape index (κ1) is 30.2. The van der Waals surface area contributed by atoms with Crippen LogP contribution in [0.25, 0.3) is 0 Å². The van der Waals surface area contributed by atoms with Gasteiger partial charge in [-0.15, -0.1) is 11.8 Å². The molecule has 3 fully saturated rings. The highest BCUT2D eigenvalue weighted by atomic mass is 32.2.